The van der Waals surface area contributed by atoms with Crippen LogP contribution in [0.15, 0.2) is 36.4 Å². The average Bonchev–Trinajstić information content (AvgIpc) is 2.30. The molecule has 1 atom stereocenters. The van der Waals surface area contributed by atoms with Gasteiger partial charge in [-0.05, 0) is 24.5 Å². The van der Waals surface area contributed by atoms with Crippen LogP contribution in [0.1, 0.15) is 32.3 Å². The van der Waals surface area contributed by atoms with E-state index in [9.17, 15) is 0 Å². The fraction of sp³-hybridized carbons (Fsp3) is 0.429. The molecule has 0 amide bonds. The molecule has 1 heteroatoms. The highest BCUT2D eigenvalue weighted by Crippen LogP contribution is 2.33. The van der Waals surface area contributed by atoms with Crippen molar-refractivity contribution < 1.29 is 4.74 Å². The first-order valence-corrected chi connectivity index (χ1v) is 5.62. The Bertz CT molecular complexity index is 353. The molecule has 2 rings (SSSR count). The van der Waals surface area contributed by atoms with E-state index >= 15 is 0 Å². The minimum absolute atomic E-state index is 0.0277. The van der Waals surface area contributed by atoms with Gasteiger partial charge in [0.25, 0.3) is 0 Å². The molecule has 1 aromatic rings. The Morgan fingerprint density at radius 2 is 2.00 bits per heavy atom. The summed E-state index contributed by atoms with van der Waals surface area (Å²) in [6.45, 7) is 5.13. The normalized spacial score (nSPS) is 26.1. The van der Waals surface area contributed by atoms with Gasteiger partial charge in [0.05, 0.1) is 12.2 Å². The van der Waals surface area contributed by atoms with Gasteiger partial charge in [0.1, 0.15) is 0 Å². The Kier molecular flexibility index (Phi) is 2.92. The predicted molar refractivity (Wildman–Crippen MR) is 63.7 cm³/mol. The maximum atomic E-state index is 5.79. The predicted octanol–water partition coefficient (Wildman–Crippen LogP) is 3.66. The van der Waals surface area contributed by atoms with Crippen molar-refractivity contribution in [2.45, 2.75) is 32.3 Å². The van der Waals surface area contributed by atoms with Crippen LogP contribution in [0.25, 0.3) is 5.57 Å². The summed E-state index contributed by atoms with van der Waals surface area (Å²) in [7, 11) is 0. The number of benzene rings is 1. The number of ether oxygens (including phenoxy) is 1. The molecule has 1 nitrogen and oxygen atoms in total. The lowest BCUT2D eigenvalue weighted by Crippen LogP contribution is -2.31. The van der Waals surface area contributed by atoms with E-state index in [2.05, 4.69) is 50.3 Å². The summed E-state index contributed by atoms with van der Waals surface area (Å²) in [4.78, 5) is 0. The fourth-order valence-corrected chi connectivity index (χ4v) is 1.97. The number of rotatable bonds is 2. The van der Waals surface area contributed by atoms with Crippen molar-refractivity contribution in [1.29, 1.82) is 0 Å². The Morgan fingerprint density at radius 3 is 2.67 bits per heavy atom. The summed E-state index contributed by atoms with van der Waals surface area (Å²) >= 11 is 0. The molecule has 1 aliphatic heterocycles. The Hall–Kier alpha value is -1.08. The van der Waals surface area contributed by atoms with Gasteiger partial charge in [-0.15, -0.1) is 0 Å². The largest absolute Gasteiger partial charge is 0.371 e. The first kappa shape index (κ1) is 10.4. The van der Waals surface area contributed by atoms with Gasteiger partial charge in [-0.2, -0.15) is 0 Å². The second-order valence-electron chi connectivity index (χ2n) is 4.39. The molecule has 0 saturated heterocycles. The van der Waals surface area contributed by atoms with Crippen molar-refractivity contribution >= 4 is 5.57 Å². The lowest BCUT2D eigenvalue weighted by Gasteiger charge is -2.33. The van der Waals surface area contributed by atoms with E-state index in [1.165, 1.54) is 11.1 Å². The summed E-state index contributed by atoms with van der Waals surface area (Å²) in [6.07, 6.45) is 4.29. The lowest BCUT2D eigenvalue weighted by molar-refractivity contribution is -0.0211. The summed E-state index contributed by atoms with van der Waals surface area (Å²) in [6, 6.07) is 10.6. The van der Waals surface area contributed by atoms with Crippen molar-refractivity contribution in [3.8, 4) is 0 Å². The van der Waals surface area contributed by atoms with Gasteiger partial charge >= 0.3 is 0 Å². The van der Waals surface area contributed by atoms with Gasteiger partial charge in [0.15, 0.2) is 0 Å². The highest BCUT2D eigenvalue weighted by molar-refractivity contribution is 5.67. The molecule has 80 valence electrons. The van der Waals surface area contributed by atoms with Crippen LogP contribution in [-0.2, 0) is 4.74 Å². The second-order valence-corrected chi connectivity index (χ2v) is 4.39. The van der Waals surface area contributed by atoms with Gasteiger partial charge < -0.3 is 4.74 Å². The Labute approximate surface area is 91.8 Å². The van der Waals surface area contributed by atoms with E-state index < -0.39 is 0 Å². The molecular formula is C14H18O. The van der Waals surface area contributed by atoms with Crippen LogP contribution in [0.2, 0.25) is 0 Å². The minimum Gasteiger partial charge on any atom is -0.371 e. The van der Waals surface area contributed by atoms with Crippen LogP contribution in [0.3, 0.4) is 0 Å². The summed E-state index contributed by atoms with van der Waals surface area (Å²) in [5.74, 6) is 0. The van der Waals surface area contributed by atoms with Crippen molar-refractivity contribution in [1.82, 2.24) is 0 Å². The molecule has 0 aliphatic carbocycles. The molecular weight excluding hydrogens is 184 g/mol. The molecule has 1 aromatic carbocycles. The molecule has 15 heavy (non-hydrogen) atoms. The quantitative estimate of drug-likeness (QED) is 0.711. The van der Waals surface area contributed by atoms with Crippen LogP contribution in [-0.4, -0.2) is 12.2 Å². The number of hydrogen-bond acceptors (Lipinski definition) is 1. The zero-order valence-corrected chi connectivity index (χ0v) is 9.49. The fourth-order valence-electron chi connectivity index (χ4n) is 1.97. The van der Waals surface area contributed by atoms with Crippen LogP contribution in [0.4, 0.5) is 0 Å². The first-order valence-electron chi connectivity index (χ1n) is 5.62. The number of hydrogen-bond donors (Lipinski definition) is 0. The van der Waals surface area contributed by atoms with Crippen LogP contribution < -0.4 is 0 Å². The maximum absolute atomic E-state index is 5.79. The topological polar surface area (TPSA) is 9.23 Å². The van der Waals surface area contributed by atoms with Crippen molar-refractivity contribution in [2.24, 2.45) is 0 Å². The van der Waals surface area contributed by atoms with Crippen LogP contribution in [0, 0.1) is 0 Å². The van der Waals surface area contributed by atoms with Crippen molar-refractivity contribution in [3.63, 3.8) is 0 Å². The molecule has 0 fully saturated rings. The average molecular weight is 202 g/mol. The SMILES string of the molecule is CCC1(C)CC(c2ccccc2)=CCO1. The van der Waals surface area contributed by atoms with E-state index in [0.717, 1.165) is 19.4 Å². The third kappa shape index (κ3) is 2.29. The molecule has 0 saturated carbocycles. The third-order valence-electron chi connectivity index (χ3n) is 3.22. The van der Waals surface area contributed by atoms with Crippen LogP contribution in [0.5, 0.6) is 0 Å². The molecule has 0 bridgehead atoms. The van der Waals surface area contributed by atoms with E-state index in [1.54, 1.807) is 0 Å². The minimum atomic E-state index is 0.0277. The molecule has 1 unspecified atom stereocenters. The smallest absolute Gasteiger partial charge is 0.0696 e. The highest BCUT2D eigenvalue weighted by Gasteiger charge is 2.27. The Morgan fingerprint density at radius 1 is 1.27 bits per heavy atom. The molecule has 0 spiro atoms. The van der Waals surface area contributed by atoms with Gasteiger partial charge in [-0.25, -0.2) is 0 Å². The molecule has 1 heterocycles. The zero-order valence-electron chi connectivity index (χ0n) is 9.49. The summed E-state index contributed by atoms with van der Waals surface area (Å²) in [5.41, 5.74) is 2.78. The maximum Gasteiger partial charge on any atom is 0.0696 e. The molecule has 1 aliphatic rings. The molecule has 0 aromatic heterocycles. The van der Waals surface area contributed by atoms with E-state index in [1.807, 2.05) is 0 Å². The third-order valence-corrected chi connectivity index (χ3v) is 3.22. The zero-order chi connectivity index (χ0) is 10.7. The standard InChI is InChI=1S/C14H18O/c1-3-14(2)11-13(9-10-15-14)12-7-5-4-6-8-12/h4-9H,3,10-11H2,1-2H3. The van der Waals surface area contributed by atoms with Crippen molar-refractivity contribution in [2.75, 3.05) is 6.61 Å². The summed E-state index contributed by atoms with van der Waals surface area (Å²) < 4.78 is 5.79. The van der Waals surface area contributed by atoms with Crippen molar-refractivity contribution in [3.05, 3.63) is 42.0 Å². The van der Waals surface area contributed by atoms with Crippen LogP contribution >= 0.6 is 0 Å². The van der Waals surface area contributed by atoms with Gasteiger partial charge in [-0.1, -0.05) is 43.3 Å². The van der Waals surface area contributed by atoms with E-state index in [-0.39, 0.29) is 5.60 Å². The van der Waals surface area contributed by atoms with E-state index in [0.29, 0.717) is 0 Å². The molecule has 0 N–H and O–H groups in total. The molecule has 0 radical (unpaired) electrons. The summed E-state index contributed by atoms with van der Waals surface area (Å²) in [5, 5.41) is 0. The highest BCUT2D eigenvalue weighted by atomic mass is 16.5. The first-order chi connectivity index (χ1) is 7.23. The van der Waals surface area contributed by atoms with Gasteiger partial charge in [0, 0.05) is 6.42 Å². The monoisotopic (exact) mass is 202 g/mol. The van der Waals surface area contributed by atoms with E-state index in [4.69, 9.17) is 4.74 Å². The Balaban J connectivity index is 2.22. The second kappa shape index (κ2) is 4.19. The lowest BCUT2D eigenvalue weighted by atomic mass is 9.88. The van der Waals surface area contributed by atoms with Gasteiger partial charge in [-0.3, -0.25) is 0 Å². The van der Waals surface area contributed by atoms with Gasteiger partial charge in [0.2, 0.25) is 0 Å².